The largest absolute Gasteiger partial charge is 0.371 e. The zero-order valence-corrected chi connectivity index (χ0v) is 76.0. The number of piperidine rings is 5. The molecule has 0 unspecified atom stereocenters. The Bertz CT molecular complexity index is 3100. The van der Waals surface area contributed by atoms with Gasteiger partial charge in [0.2, 0.25) is 5.95 Å². The summed E-state index contributed by atoms with van der Waals surface area (Å²) in [5.41, 5.74) is 8.60. The van der Waals surface area contributed by atoms with E-state index in [4.69, 9.17) is 9.97 Å². The minimum absolute atomic E-state index is 0.00570. The van der Waals surface area contributed by atoms with Gasteiger partial charge in [-0.2, -0.15) is 9.97 Å². The molecule has 3 aromatic rings. The number of anilines is 7. The van der Waals surface area contributed by atoms with E-state index in [0.717, 1.165) is 160 Å². The highest BCUT2D eigenvalue weighted by Crippen LogP contribution is 2.45. The second-order valence-electron chi connectivity index (χ2n) is 42.5. The summed E-state index contributed by atoms with van der Waals surface area (Å²) in [4.78, 5) is 34.7. The SMILES string of the molecule is CCCCN(CCCC)c1cc(N(CCCC)CCCC)cc(N(CCCCCCN(c2cc(N(CCCC)C3CC(C)(C)NC(C)(C)C3)cc(N(CCCCCCN(c3nc(C)nc(C)n3)C3CC(C)(C)NC(C)(C)C3)C3CC(C)(C)NC(C)(C)C3)c2)C2CC(C)(C)NC(C)(C)C2)C2CC(C)(C)NC(C)(C)C2)c1. The van der Waals surface area contributed by atoms with Crippen LogP contribution in [0.3, 0.4) is 0 Å². The average molecular weight is 1510 g/mol. The number of aryl methyl sites for hydroxylation is 2. The number of hydrogen-bond donors (Lipinski definition) is 5. The lowest BCUT2D eigenvalue weighted by atomic mass is 9.78. The quantitative estimate of drug-likeness (QED) is 0.0346. The van der Waals surface area contributed by atoms with Gasteiger partial charge in [0, 0.05) is 179 Å². The van der Waals surface area contributed by atoms with Gasteiger partial charge < -0.3 is 60.9 Å². The standard InChI is InChI=1S/C94H171N15/c1-28-33-46-103(47-34-29-2)73-55-74(104(48-35-30-3)49-36-31-4)57-75(56-73)106(80-63-87(12,13)99-88(14,15)64-80)51-42-38-39-43-52-107(81-65-89(16,17)100-90(18,19)66-81)77-58-76(105(50-37-32-5)79-61-85(8,9)98-86(10,11)62-79)59-78(60-77)108(82-67-91(20,21)101-92(22,23)68-82)53-44-40-41-45-54-109(84-96-71(6)95-72(7)97-84)83-69-93(24,25)102-94(26,27)70-83/h55-60,79-83,98-102H,28-54,61-70H2,1-27H3. The fraction of sp³-hybridized carbons (Fsp3) is 0.840. The van der Waals surface area contributed by atoms with Crippen LogP contribution in [-0.2, 0) is 0 Å². The van der Waals surface area contributed by atoms with Crippen molar-refractivity contribution in [3.63, 3.8) is 0 Å². The number of hydrogen-bond acceptors (Lipinski definition) is 15. The molecule has 0 saturated carbocycles. The predicted octanol–water partition coefficient (Wildman–Crippen LogP) is 21.2. The molecule has 0 radical (unpaired) electrons. The lowest BCUT2D eigenvalue weighted by Crippen LogP contribution is -2.63. The van der Waals surface area contributed by atoms with Crippen LogP contribution >= 0.6 is 0 Å². The second-order valence-corrected chi connectivity index (χ2v) is 42.5. The summed E-state index contributed by atoms with van der Waals surface area (Å²) in [6, 6.07) is 18.0. The van der Waals surface area contributed by atoms with E-state index in [-0.39, 0.29) is 55.4 Å². The van der Waals surface area contributed by atoms with E-state index >= 15 is 0 Å². The average Bonchev–Trinajstić information content (AvgIpc) is 0.769. The van der Waals surface area contributed by atoms with Crippen molar-refractivity contribution in [1.29, 1.82) is 0 Å². The van der Waals surface area contributed by atoms with Crippen LogP contribution in [0.1, 0.15) is 365 Å². The third kappa shape index (κ3) is 27.5. The summed E-state index contributed by atoms with van der Waals surface area (Å²) in [5, 5.41) is 20.5. The number of benzene rings is 2. The maximum atomic E-state index is 5.05. The molecular weight excluding hydrogens is 1340 g/mol. The summed E-state index contributed by atoms with van der Waals surface area (Å²) >= 11 is 0. The molecule has 15 heteroatoms. The predicted molar refractivity (Wildman–Crippen MR) is 476 cm³/mol. The fourth-order valence-corrected chi connectivity index (χ4v) is 22.2. The van der Waals surface area contributed by atoms with Crippen LogP contribution < -0.4 is 60.9 Å². The molecule has 622 valence electrons. The minimum Gasteiger partial charge on any atom is -0.371 e. The molecule has 5 N–H and O–H groups in total. The van der Waals surface area contributed by atoms with Crippen LogP contribution in [-0.4, -0.2) is 159 Å². The van der Waals surface area contributed by atoms with Gasteiger partial charge in [-0.1, -0.05) is 92.4 Å². The third-order valence-corrected chi connectivity index (χ3v) is 25.0. The molecule has 0 amide bonds. The summed E-state index contributed by atoms with van der Waals surface area (Å²) < 4.78 is 0. The van der Waals surface area contributed by atoms with Crippen molar-refractivity contribution in [2.45, 2.75) is 452 Å². The van der Waals surface area contributed by atoms with Crippen LogP contribution in [0.2, 0.25) is 0 Å². The Morgan fingerprint density at radius 1 is 0.248 bits per heavy atom. The molecule has 5 fully saturated rings. The highest BCUT2D eigenvalue weighted by atomic mass is 15.3. The highest BCUT2D eigenvalue weighted by Gasteiger charge is 2.46. The van der Waals surface area contributed by atoms with Crippen molar-refractivity contribution < 1.29 is 0 Å². The van der Waals surface area contributed by atoms with Gasteiger partial charge in [-0.25, -0.2) is 4.98 Å². The number of unbranched alkanes of at least 4 members (excludes halogenated alkanes) is 11. The molecule has 0 spiro atoms. The van der Waals surface area contributed by atoms with E-state index in [2.05, 4.69) is 275 Å². The van der Waals surface area contributed by atoms with Gasteiger partial charge in [-0.15, -0.1) is 0 Å². The van der Waals surface area contributed by atoms with E-state index in [0.29, 0.717) is 30.2 Å². The van der Waals surface area contributed by atoms with Gasteiger partial charge in [0.05, 0.1) is 0 Å². The normalized spacial score (nSPS) is 21.6. The highest BCUT2D eigenvalue weighted by molar-refractivity contribution is 5.72. The summed E-state index contributed by atoms with van der Waals surface area (Å²) in [6.07, 6.45) is 32.4. The first kappa shape index (κ1) is 90.4. The van der Waals surface area contributed by atoms with Crippen LogP contribution in [0, 0.1) is 13.8 Å². The molecular formula is C94H171N15. The summed E-state index contributed by atoms with van der Waals surface area (Å²) in [7, 11) is 0. The van der Waals surface area contributed by atoms with Crippen LogP contribution in [0.5, 0.6) is 0 Å². The van der Waals surface area contributed by atoms with Crippen molar-refractivity contribution in [3.05, 3.63) is 48.0 Å². The lowest BCUT2D eigenvalue weighted by molar-refractivity contribution is 0.156. The van der Waals surface area contributed by atoms with Gasteiger partial charge in [0.15, 0.2) is 0 Å². The van der Waals surface area contributed by atoms with E-state index in [1.807, 2.05) is 13.8 Å². The molecule has 5 aliphatic rings. The van der Waals surface area contributed by atoms with Crippen LogP contribution in [0.25, 0.3) is 0 Å². The lowest BCUT2D eigenvalue weighted by Gasteiger charge is -2.52. The number of rotatable bonds is 41. The smallest absolute Gasteiger partial charge is 0.229 e. The number of aromatic nitrogens is 3. The van der Waals surface area contributed by atoms with Crippen molar-refractivity contribution in [3.8, 4) is 0 Å². The van der Waals surface area contributed by atoms with Crippen molar-refractivity contribution >= 4 is 40.1 Å². The van der Waals surface area contributed by atoms with E-state index in [9.17, 15) is 0 Å². The first-order chi connectivity index (χ1) is 50.9. The third-order valence-electron chi connectivity index (χ3n) is 25.0. The Morgan fingerprint density at radius 2 is 0.431 bits per heavy atom. The van der Waals surface area contributed by atoms with Crippen molar-refractivity contribution in [1.82, 2.24) is 41.5 Å². The molecule has 6 heterocycles. The zero-order valence-electron chi connectivity index (χ0n) is 76.0. The molecule has 5 saturated heterocycles. The Morgan fingerprint density at radius 3 is 0.661 bits per heavy atom. The first-order valence-corrected chi connectivity index (χ1v) is 45.2. The number of nitrogens with zero attached hydrogens (tertiary/aromatic N) is 10. The summed E-state index contributed by atoms with van der Waals surface area (Å²) in [6.45, 7) is 74.5. The van der Waals surface area contributed by atoms with E-state index in [1.165, 1.54) is 130 Å². The maximum Gasteiger partial charge on any atom is 0.229 e. The monoisotopic (exact) mass is 1510 g/mol. The molecule has 0 aliphatic carbocycles. The molecule has 15 nitrogen and oxygen atoms in total. The molecule has 0 bridgehead atoms. The fourth-order valence-electron chi connectivity index (χ4n) is 22.2. The van der Waals surface area contributed by atoms with Crippen LogP contribution in [0.4, 0.5) is 40.1 Å². The topological polar surface area (TPSA) is 122 Å². The Kier molecular flexibility index (Phi) is 31.6. The molecule has 8 rings (SSSR count). The molecule has 109 heavy (non-hydrogen) atoms. The molecule has 0 atom stereocenters. The Hall–Kier alpha value is -4.15. The molecule has 2 aromatic carbocycles. The van der Waals surface area contributed by atoms with Crippen LogP contribution in [0.15, 0.2) is 36.4 Å². The van der Waals surface area contributed by atoms with Gasteiger partial charge in [0.1, 0.15) is 11.6 Å². The zero-order chi connectivity index (χ0) is 80.2. The summed E-state index contributed by atoms with van der Waals surface area (Å²) in [5.74, 6) is 2.46. The Balaban J connectivity index is 1.17. The molecule has 5 aliphatic heterocycles. The second kappa shape index (κ2) is 38.1. The number of nitrogens with one attached hydrogen (secondary N) is 5. The van der Waals surface area contributed by atoms with Gasteiger partial charge in [0.25, 0.3) is 0 Å². The minimum atomic E-state index is -0.0198. The van der Waals surface area contributed by atoms with Gasteiger partial charge in [-0.05, 0) is 311 Å². The van der Waals surface area contributed by atoms with Gasteiger partial charge >= 0.3 is 0 Å². The Labute approximate surface area is 671 Å². The maximum absolute atomic E-state index is 5.05. The first-order valence-electron chi connectivity index (χ1n) is 45.2. The van der Waals surface area contributed by atoms with E-state index in [1.54, 1.807) is 0 Å². The molecule has 1 aromatic heterocycles. The van der Waals surface area contributed by atoms with Gasteiger partial charge in [-0.3, -0.25) is 0 Å². The van der Waals surface area contributed by atoms with Crippen molar-refractivity contribution in [2.24, 2.45) is 0 Å². The van der Waals surface area contributed by atoms with E-state index < -0.39 is 0 Å². The van der Waals surface area contributed by atoms with Crippen molar-refractivity contribution in [2.75, 3.05) is 93.2 Å².